The highest BCUT2D eigenvalue weighted by Gasteiger charge is 2.05. The lowest BCUT2D eigenvalue weighted by atomic mass is 10.5. The molecule has 16 heavy (non-hydrogen) atoms. The second-order valence-electron chi connectivity index (χ2n) is 2.86. The summed E-state index contributed by atoms with van der Waals surface area (Å²) in [5.74, 6) is 0.489. The predicted octanol–water partition coefficient (Wildman–Crippen LogP) is -1.16. The fourth-order valence-electron chi connectivity index (χ4n) is 0.903. The summed E-state index contributed by atoms with van der Waals surface area (Å²) in [6, 6.07) is 1.44. The molecule has 0 aliphatic heterocycles. The van der Waals surface area contributed by atoms with Gasteiger partial charge in [-0.05, 0) is 0 Å². The van der Waals surface area contributed by atoms with Crippen molar-refractivity contribution in [2.24, 2.45) is 0 Å². The van der Waals surface area contributed by atoms with Gasteiger partial charge in [-0.2, -0.15) is 0 Å². The average Bonchev–Trinajstić information content (AvgIpc) is 2.22. The minimum Gasteiger partial charge on any atom is -0.395 e. The van der Waals surface area contributed by atoms with Crippen molar-refractivity contribution in [1.29, 1.82) is 0 Å². The Bertz CT molecular complexity index is 353. The third-order valence-corrected chi connectivity index (χ3v) is 2.36. The number of amides is 1. The lowest BCUT2D eigenvalue weighted by Gasteiger charge is -2.03. The van der Waals surface area contributed by atoms with Gasteiger partial charge in [-0.3, -0.25) is 4.79 Å². The number of aliphatic hydroxyl groups is 1. The van der Waals surface area contributed by atoms with Crippen LogP contribution >= 0.6 is 11.8 Å². The molecule has 1 aromatic rings. The first-order valence-electron chi connectivity index (χ1n) is 4.52. The average molecular weight is 243 g/mol. The van der Waals surface area contributed by atoms with Gasteiger partial charge in [0.1, 0.15) is 11.6 Å². The van der Waals surface area contributed by atoms with Crippen LogP contribution in [0.5, 0.6) is 0 Å². The summed E-state index contributed by atoms with van der Waals surface area (Å²) in [5, 5.41) is 11.4. The number of aromatic nitrogens is 2. The van der Waals surface area contributed by atoms with Crippen molar-refractivity contribution < 1.29 is 9.90 Å². The maximum absolute atomic E-state index is 11.2. The lowest BCUT2D eigenvalue weighted by molar-refractivity contribution is -0.118. The van der Waals surface area contributed by atoms with Gasteiger partial charge >= 0.3 is 0 Å². The number of nitrogens with zero attached hydrogens (tertiary/aromatic N) is 2. The zero-order valence-electron chi connectivity index (χ0n) is 8.51. The molecule has 1 aromatic heterocycles. The van der Waals surface area contributed by atoms with Gasteiger partial charge < -0.3 is 21.9 Å². The maximum Gasteiger partial charge on any atom is 0.230 e. The summed E-state index contributed by atoms with van der Waals surface area (Å²) in [6.07, 6.45) is 0. The Morgan fingerprint density at radius 1 is 1.44 bits per heavy atom. The number of carbonyl (C=O) groups is 1. The number of nitrogens with one attached hydrogen (secondary N) is 1. The normalized spacial score (nSPS) is 10.1. The largest absolute Gasteiger partial charge is 0.395 e. The summed E-state index contributed by atoms with van der Waals surface area (Å²) in [5.41, 5.74) is 10.9. The van der Waals surface area contributed by atoms with Gasteiger partial charge in [0.2, 0.25) is 5.91 Å². The van der Waals surface area contributed by atoms with Crippen LogP contribution in [0.25, 0.3) is 0 Å². The van der Waals surface area contributed by atoms with Crippen LogP contribution in [0.4, 0.5) is 11.6 Å². The molecule has 1 rings (SSSR count). The van der Waals surface area contributed by atoms with Crippen molar-refractivity contribution in [3.05, 3.63) is 6.07 Å². The monoisotopic (exact) mass is 243 g/mol. The van der Waals surface area contributed by atoms with E-state index in [0.29, 0.717) is 5.16 Å². The standard InChI is InChI=1S/C8H13N5O2S/c9-5-3-6(10)13-8(12-5)16-4-7(15)11-1-2-14/h3,14H,1-2,4H2,(H,11,15)(H4,9,10,12,13). The smallest absolute Gasteiger partial charge is 0.230 e. The van der Waals surface area contributed by atoms with Gasteiger partial charge in [-0.15, -0.1) is 0 Å². The Labute approximate surface area is 96.6 Å². The SMILES string of the molecule is Nc1cc(N)nc(SCC(=O)NCCO)n1. The molecule has 0 aliphatic carbocycles. The van der Waals surface area contributed by atoms with Crippen LogP contribution in [0.3, 0.4) is 0 Å². The Morgan fingerprint density at radius 2 is 2.06 bits per heavy atom. The summed E-state index contributed by atoms with van der Waals surface area (Å²) in [7, 11) is 0. The second kappa shape index (κ2) is 6.13. The molecule has 0 bridgehead atoms. The van der Waals surface area contributed by atoms with Crippen molar-refractivity contribution in [3.63, 3.8) is 0 Å². The number of hydrogen-bond donors (Lipinski definition) is 4. The second-order valence-corrected chi connectivity index (χ2v) is 3.80. The van der Waals surface area contributed by atoms with Gasteiger partial charge in [0.05, 0.1) is 12.4 Å². The third kappa shape index (κ3) is 4.32. The number of rotatable bonds is 5. The molecule has 0 spiro atoms. The number of thioether (sulfide) groups is 1. The Kier molecular flexibility index (Phi) is 4.80. The first kappa shape index (κ1) is 12.5. The van der Waals surface area contributed by atoms with Crippen LogP contribution in [0.15, 0.2) is 11.2 Å². The van der Waals surface area contributed by atoms with Crippen molar-refractivity contribution in [2.45, 2.75) is 5.16 Å². The summed E-state index contributed by atoms with van der Waals surface area (Å²) in [6.45, 7) is 0.150. The Hall–Kier alpha value is -1.54. The number of carbonyl (C=O) groups excluding carboxylic acids is 1. The minimum atomic E-state index is -0.205. The topological polar surface area (TPSA) is 127 Å². The Balaban J connectivity index is 2.45. The fourth-order valence-corrected chi connectivity index (χ4v) is 1.61. The highest BCUT2D eigenvalue weighted by Crippen LogP contribution is 2.15. The quantitative estimate of drug-likeness (QED) is 0.379. The van der Waals surface area contributed by atoms with Gasteiger partial charge in [-0.1, -0.05) is 11.8 Å². The summed E-state index contributed by atoms with van der Waals surface area (Å²) in [4.78, 5) is 19.0. The summed E-state index contributed by atoms with van der Waals surface area (Å²) < 4.78 is 0. The van der Waals surface area contributed by atoms with E-state index >= 15 is 0 Å². The molecule has 0 saturated heterocycles. The van der Waals surface area contributed by atoms with Crippen molar-refractivity contribution in [3.8, 4) is 0 Å². The molecule has 0 aliphatic rings. The van der Waals surface area contributed by atoms with Crippen LogP contribution in [0, 0.1) is 0 Å². The maximum atomic E-state index is 11.2. The molecule has 0 fully saturated rings. The van der Waals surface area contributed by atoms with E-state index in [9.17, 15) is 4.79 Å². The lowest BCUT2D eigenvalue weighted by Crippen LogP contribution is -2.27. The molecule has 0 radical (unpaired) electrons. The molecular weight excluding hydrogens is 230 g/mol. The minimum absolute atomic E-state index is 0.0852. The number of aliphatic hydroxyl groups excluding tert-OH is 1. The molecular formula is C8H13N5O2S. The van der Waals surface area contributed by atoms with E-state index in [1.165, 1.54) is 6.07 Å². The van der Waals surface area contributed by atoms with Crippen LogP contribution < -0.4 is 16.8 Å². The number of anilines is 2. The fraction of sp³-hybridized carbons (Fsp3) is 0.375. The molecule has 7 nitrogen and oxygen atoms in total. The molecule has 1 heterocycles. The number of nitrogen functional groups attached to an aromatic ring is 2. The van der Waals surface area contributed by atoms with E-state index in [1.807, 2.05) is 0 Å². The van der Waals surface area contributed by atoms with Crippen molar-refractivity contribution >= 4 is 29.3 Å². The predicted molar refractivity (Wildman–Crippen MR) is 61.7 cm³/mol. The van der Waals surface area contributed by atoms with Crippen LogP contribution in [-0.2, 0) is 4.79 Å². The van der Waals surface area contributed by atoms with Gasteiger partial charge in [-0.25, -0.2) is 9.97 Å². The van der Waals surface area contributed by atoms with Crippen LogP contribution in [0.2, 0.25) is 0 Å². The molecule has 8 heteroatoms. The van der Waals surface area contributed by atoms with Crippen LogP contribution in [0.1, 0.15) is 0 Å². The first-order valence-corrected chi connectivity index (χ1v) is 5.50. The van der Waals surface area contributed by atoms with Gasteiger partial charge in [0.15, 0.2) is 5.16 Å². The summed E-state index contributed by atoms with van der Waals surface area (Å²) >= 11 is 1.13. The van der Waals surface area contributed by atoms with Gasteiger partial charge in [0, 0.05) is 12.6 Å². The molecule has 6 N–H and O–H groups in total. The molecule has 0 aromatic carbocycles. The van der Waals surface area contributed by atoms with E-state index in [1.54, 1.807) is 0 Å². The highest BCUT2D eigenvalue weighted by molar-refractivity contribution is 7.99. The third-order valence-electron chi connectivity index (χ3n) is 1.51. The van der Waals surface area contributed by atoms with E-state index < -0.39 is 0 Å². The first-order chi connectivity index (χ1) is 7.61. The van der Waals surface area contributed by atoms with E-state index in [2.05, 4.69) is 15.3 Å². The van der Waals surface area contributed by atoms with E-state index in [-0.39, 0.29) is 36.4 Å². The number of hydrogen-bond acceptors (Lipinski definition) is 7. The van der Waals surface area contributed by atoms with Gasteiger partial charge in [0.25, 0.3) is 0 Å². The zero-order chi connectivity index (χ0) is 12.0. The van der Waals surface area contributed by atoms with E-state index in [0.717, 1.165) is 11.8 Å². The molecule has 0 saturated carbocycles. The van der Waals surface area contributed by atoms with Crippen molar-refractivity contribution in [1.82, 2.24) is 15.3 Å². The van der Waals surface area contributed by atoms with Crippen molar-refractivity contribution in [2.75, 3.05) is 30.4 Å². The highest BCUT2D eigenvalue weighted by atomic mass is 32.2. The molecule has 0 unspecified atom stereocenters. The zero-order valence-corrected chi connectivity index (χ0v) is 9.33. The molecule has 1 amide bonds. The van der Waals surface area contributed by atoms with Crippen LogP contribution in [-0.4, -0.2) is 39.9 Å². The van der Waals surface area contributed by atoms with E-state index in [4.69, 9.17) is 16.6 Å². The molecule has 0 atom stereocenters. The Morgan fingerprint density at radius 3 is 2.62 bits per heavy atom. The number of nitrogens with two attached hydrogens (primary N) is 2. The molecule has 88 valence electrons.